The number of rotatable bonds is 6. The van der Waals surface area contributed by atoms with Crippen LogP contribution >= 0.6 is 23.1 Å². The van der Waals surface area contributed by atoms with Crippen molar-refractivity contribution in [2.45, 2.75) is 5.22 Å². The third kappa shape index (κ3) is 3.76. The largest absolute Gasteiger partial charge is 0.410 e. The molecule has 0 fully saturated rings. The minimum Gasteiger partial charge on any atom is -0.410 e. The second-order valence-electron chi connectivity index (χ2n) is 5.51. The number of carbonyl (C=O) groups excluding carboxylic acids is 1. The van der Waals surface area contributed by atoms with Crippen LogP contribution < -0.4 is 0 Å². The minimum atomic E-state index is 0.0329. The van der Waals surface area contributed by atoms with Gasteiger partial charge in [-0.1, -0.05) is 72.4 Å². The molecule has 0 spiro atoms. The van der Waals surface area contributed by atoms with Crippen LogP contribution in [0.15, 0.2) is 81.8 Å². The van der Waals surface area contributed by atoms with Gasteiger partial charge in [-0.3, -0.25) is 4.79 Å². The van der Waals surface area contributed by atoms with Crippen LogP contribution in [-0.2, 0) is 0 Å². The van der Waals surface area contributed by atoms with Crippen molar-refractivity contribution >= 4 is 28.9 Å². The van der Waals surface area contributed by atoms with Gasteiger partial charge in [-0.15, -0.1) is 21.5 Å². The molecule has 0 N–H and O–H groups in total. The number of hydrogen-bond donors (Lipinski definition) is 0. The van der Waals surface area contributed by atoms with E-state index >= 15 is 0 Å². The molecule has 0 atom stereocenters. The zero-order chi connectivity index (χ0) is 17.8. The molecule has 0 radical (unpaired) electrons. The van der Waals surface area contributed by atoms with Gasteiger partial charge in [-0.25, -0.2) is 0 Å². The number of benzene rings is 2. The van der Waals surface area contributed by atoms with Gasteiger partial charge in [0, 0.05) is 5.56 Å². The lowest BCUT2D eigenvalue weighted by molar-refractivity contribution is 0.102. The molecule has 4 aromatic rings. The van der Waals surface area contributed by atoms with E-state index in [1.807, 2.05) is 72.1 Å². The Morgan fingerprint density at radius 2 is 1.69 bits per heavy atom. The van der Waals surface area contributed by atoms with Crippen molar-refractivity contribution in [1.82, 2.24) is 10.2 Å². The predicted molar refractivity (Wildman–Crippen MR) is 105 cm³/mol. The lowest BCUT2D eigenvalue weighted by atomic mass is 10.0. The van der Waals surface area contributed by atoms with E-state index in [2.05, 4.69) is 10.2 Å². The zero-order valence-electron chi connectivity index (χ0n) is 13.7. The number of nitrogens with zero attached hydrogens (tertiary/aromatic N) is 2. The molecule has 0 aliphatic carbocycles. The monoisotopic (exact) mass is 378 g/mol. The molecule has 6 heteroatoms. The first-order valence-corrected chi connectivity index (χ1v) is 9.85. The van der Waals surface area contributed by atoms with Crippen LogP contribution in [0.25, 0.3) is 21.9 Å². The van der Waals surface area contributed by atoms with Gasteiger partial charge in [0.05, 0.1) is 10.6 Å². The molecule has 4 nitrogen and oxygen atoms in total. The van der Waals surface area contributed by atoms with Gasteiger partial charge in [-0.05, 0) is 22.6 Å². The molecule has 0 unspecified atom stereocenters. The fraction of sp³-hybridized carbons (Fsp3) is 0.0500. The highest BCUT2D eigenvalue weighted by Crippen LogP contribution is 2.27. The van der Waals surface area contributed by atoms with Crippen LogP contribution in [0.2, 0.25) is 0 Å². The van der Waals surface area contributed by atoms with Gasteiger partial charge in [0.1, 0.15) is 0 Å². The Hall–Kier alpha value is -2.70. The molecule has 2 aromatic heterocycles. The average Bonchev–Trinajstić information content (AvgIpc) is 3.38. The molecule has 128 valence electrons. The lowest BCUT2D eigenvalue weighted by Gasteiger charge is -2.03. The highest BCUT2D eigenvalue weighted by atomic mass is 32.2. The first kappa shape index (κ1) is 16.8. The molecule has 26 heavy (non-hydrogen) atoms. The van der Waals surface area contributed by atoms with Crippen molar-refractivity contribution in [1.29, 1.82) is 0 Å². The normalized spacial score (nSPS) is 10.8. The summed E-state index contributed by atoms with van der Waals surface area (Å²) in [6, 6.07) is 21.6. The second kappa shape index (κ2) is 7.68. The maximum absolute atomic E-state index is 12.4. The van der Waals surface area contributed by atoms with Crippen molar-refractivity contribution in [3.8, 4) is 21.9 Å². The standard InChI is InChI=1S/C20H14N2O2S2/c23-17(13-26-20-22-21-19(24-20)18-7-4-12-25-18)16-10-8-15(9-11-16)14-5-2-1-3-6-14/h1-12H,13H2. The average molecular weight is 378 g/mol. The molecule has 2 heterocycles. The summed E-state index contributed by atoms with van der Waals surface area (Å²) in [5.74, 6) is 0.782. The van der Waals surface area contributed by atoms with E-state index < -0.39 is 0 Å². The van der Waals surface area contributed by atoms with E-state index in [1.54, 1.807) is 0 Å². The fourth-order valence-electron chi connectivity index (χ4n) is 2.46. The van der Waals surface area contributed by atoms with Crippen molar-refractivity contribution in [3.63, 3.8) is 0 Å². The molecule has 0 aliphatic rings. The van der Waals surface area contributed by atoms with E-state index in [1.165, 1.54) is 23.1 Å². The summed E-state index contributed by atoms with van der Waals surface area (Å²) in [5.41, 5.74) is 2.90. The Morgan fingerprint density at radius 3 is 2.42 bits per heavy atom. The van der Waals surface area contributed by atoms with E-state index in [0.717, 1.165) is 16.0 Å². The molecule has 2 aromatic carbocycles. The number of hydrogen-bond acceptors (Lipinski definition) is 6. The zero-order valence-corrected chi connectivity index (χ0v) is 15.3. The third-order valence-corrected chi connectivity index (χ3v) is 5.46. The van der Waals surface area contributed by atoms with Crippen LogP contribution in [0.3, 0.4) is 0 Å². The number of ketones is 1. The summed E-state index contributed by atoms with van der Waals surface area (Å²) in [5, 5.41) is 10.4. The van der Waals surface area contributed by atoms with Gasteiger partial charge in [0.25, 0.3) is 11.1 Å². The van der Waals surface area contributed by atoms with Crippen LogP contribution in [0.5, 0.6) is 0 Å². The lowest BCUT2D eigenvalue weighted by Crippen LogP contribution is -2.02. The molecule has 0 bridgehead atoms. The summed E-state index contributed by atoms with van der Waals surface area (Å²) >= 11 is 2.79. The number of thioether (sulfide) groups is 1. The summed E-state index contributed by atoms with van der Waals surface area (Å²) in [6.07, 6.45) is 0. The van der Waals surface area contributed by atoms with Crippen LogP contribution in [0.4, 0.5) is 0 Å². The van der Waals surface area contributed by atoms with Crippen LogP contribution in [0, 0.1) is 0 Å². The van der Waals surface area contributed by atoms with E-state index in [9.17, 15) is 4.79 Å². The summed E-state index contributed by atoms with van der Waals surface area (Å²) in [7, 11) is 0. The van der Waals surface area contributed by atoms with Crippen LogP contribution in [-0.4, -0.2) is 21.7 Å². The number of thiophene rings is 1. The molecular weight excluding hydrogens is 364 g/mol. The van der Waals surface area contributed by atoms with Crippen molar-refractivity contribution in [2.75, 3.05) is 5.75 Å². The molecule has 0 saturated heterocycles. The van der Waals surface area contributed by atoms with Crippen molar-refractivity contribution in [3.05, 3.63) is 77.7 Å². The van der Waals surface area contributed by atoms with Gasteiger partial charge < -0.3 is 4.42 Å². The highest BCUT2D eigenvalue weighted by molar-refractivity contribution is 7.99. The Kier molecular flexibility index (Phi) is 4.95. The molecular formula is C20H14N2O2S2. The van der Waals surface area contributed by atoms with E-state index in [0.29, 0.717) is 16.7 Å². The molecule has 0 amide bonds. The van der Waals surface area contributed by atoms with Gasteiger partial charge in [0.15, 0.2) is 5.78 Å². The number of aromatic nitrogens is 2. The maximum atomic E-state index is 12.4. The van der Waals surface area contributed by atoms with Crippen molar-refractivity contribution < 1.29 is 9.21 Å². The maximum Gasteiger partial charge on any atom is 0.277 e. The third-order valence-electron chi connectivity index (χ3n) is 3.78. The Morgan fingerprint density at radius 1 is 0.923 bits per heavy atom. The summed E-state index contributed by atoms with van der Waals surface area (Å²) in [4.78, 5) is 13.3. The van der Waals surface area contributed by atoms with Crippen LogP contribution in [0.1, 0.15) is 10.4 Å². The second-order valence-corrected chi connectivity index (χ2v) is 7.38. The highest BCUT2D eigenvalue weighted by Gasteiger charge is 2.13. The molecule has 0 aliphatic heterocycles. The van der Waals surface area contributed by atoms with Gasteiger partial charge >= 0.3 is 0 Å². The molecule has 4 rings (SSSR count). The quantitative estimate of drug-likeness (QED) is 0.330. The van der Waals surface area contributed by atoms with Gasteiger partial charge in [-0.2, -0.15) is 0 Å². The number of Topliss-reactive ketones (excluding diaryl/α,β-unsaturated/α-hetero) is 1. The fourth-order valence-corrected chi connectivity index (χ4v) is 3.76. The minimum absolute atomic E-state index is 0.0329. The topological polar surface area (TPSA) is 56.0 Å². The Bertz CT molecular complexity index is 994. The number of carbonyl (C=O) groups is 1. The first-order valence-electron chi connectivity index (χ1n) is 7.98. The summed E-state index contributed by atoms with van der Waals surface area (Å²) < 4.78 is 5.59. The molecule has 0 saturated carbocycles. The van der Waals surface area contributed by atoms with Gasteiger partial charge in [0.2, 0.25) is 0 Å². The smallest absolute Gasteiger partial charge is 0.277 e. The van der Waals surface area contributed by atoms with Crippen molar-refractivity contribution in [2.24, 2.45) is 0 Å². The van der Waals surface area contributed by atoms with E-state index in [-0.39, 0.29) is 11.5 Å². The van der Waals surface area contributed by atoms with E-state index in [4.69, 9.17) is 4.42 Å². The Balaban J connectivity index is 1.39. The Labute approximate surface area is 158 Å². The first-order chi connectivity index (χ1) is 12.8. The SMILES string of the molecule is O=C(CSc1nnc(-c2cccs2)o1)c1ccc(-c2ccccc2)cc1. The predicted octanol–water partition coefficient (Wildman–Crippen LogP) is 5.44. The summed E-state index contributed by atoms with van der Waals surface area (Å²) in [6.45, 7) is 0.